The second-order valence-corrected chi connectivity index (χ2v) is 2.14. The van der Waals surface area contributed by atoms with Crippen LogP contribution < -0.4 is 5.32 Å². The van der Waals surface area contributed by atoms with Crippen LogP contribution in [0.25, 0.3) is 0 Å². The van der Waals surface area contributed by atoms with Crippen molar-refractivity contribution in [3.63, 3.8) is 0 Å². The average Bonchev–Trinajstić information content (AvgIpc) is 1.76. The Kier molecular flexibility index (Phi) is 2.56. The molecule has 0 unspecified atom stereocenters. The fourth-order valence-electron chi connectivity index (χ4n) is 0.702. The molecule has 50 valence electrons. The van der Waals surface area contributed by atoms with Gasteiger partial charge in [0.05, 0.1) is 19.3 Å². The Labute approximate surface area is 55.6 Å². The smallest absolute Gasteiger partial charge is 0.0643 e. The van der Waals surface area contributed by atoms with Crippen molar-refractivity contribution < 1.29 is 4.74 Å². The van der Waals surface area contributed by atoms with Crippen LogP contribution in [0.2, 0.25) is 0 Å². The van der Waals surface area contributed by atoms with E-state index in [1.165, 1.54) is 0 Å². The number of nitrogens with one attached hydrogen (secondary N) is 1. The topological polar surface area (TPSA) is 21.3 Å². The normalized spacial score (nSPS) is 18.6. The SMILES string of the molecule is C#CCCNC1COC1. The number of terminal acetylenes is 1. The van der Waals surface area contributed by atoms with E-state index in [0.29, 0.717) is 6.04 Å². The molecule has 9 heavy (non-hydrogen) atoms. The Balaban J connectivity index is 1.87. The summed E-state index contributed by atoms with van der Waals surface area (Å²) in [5, 5.41) is 3.25. The quantitative estimate of drug-likeness (QED) is 0.423. The molecule has 1 saturated heterocycles. The van der Waals surface area contributed by atoms with Crippen LogP contribution in [0.15, 0.2) is 0 Å². The van der Waals surface area contributed by atoms with E-state index in [4.69, 9.17) is 11.2 Å². The minimum Gasteiger partial charge on any atom is -0.378 e. The van der Waals surface area contributed by atoms with E-state index in [-0.39, 0.29) is 0 Å². The van der Waals surface area contributed by atoms with Gasteiger partial charge >= 0.3 is 0 Å². The molecule has 0 aromatic heterocycles. The molecule has 1 rings (SSSR count). The molecule has 0 saturated carbocycles. The van der Waals surface area contributed by atoms with E-state index < -0.39 is 0 Å². The van der Waals surface area contributed by atoms with Crippen molar-refractivity contribution in [3.05, 3.63) is 0 Å². The highest BCUT2D eigenvalue weighted by Gasteiger charge is 2.15. The third-order valence-electron chi connectivity index (χ3n) is 1.34. The second-order valence-electron chi connectivity index (χ2n) is 2.14. The number of rotatable bonds is 3. The zero-order valence-corrected chi connectivity index (χ0v) is 5.39. The summed E-state index contributed by atoms with van der Waals surface area (Å²) in [6.45, 7) is 2.62. The van der Waals surface area contributed by atoms with Crippen molar-refractivity contribution in [1.82, 2.24) is 5.32 Å². The van der Waals surface area contributed by atoms with Gasteiger partial charge in [-0.2, -0.15) is 0 Å². The lowest BCUT2D eigenvalue weighted by Gasteiger charge is -2.26. The molecule has 0 aromatic rings. The van der Waals surface area contributed by atoms with Gasteiger partial charge in [0, 0.05) is 13.0 Å². The van der Waals surface area contributed by atoms with E-state index in [2.05, 4.69) is 11.2 Å². The summed E-state index contributed by atoms with van der Waals surface area (Å²) in [7, 11) is 0. The van der Waals surface area contributed by atoms with Crippen molar-refractivity contribution in [3.8, 4) is 12.3 Å². The molecule has 0 aliphatic carbocycles. The van der Waals surface area contributed by atoms with E-state index in [1.54, 1.807) is 0 Å². The van der Waals surface area contributed by atoms with Crippen molar-refractivity contribution >= 4 is 0 Å². The zero-order valence-electron chi connectivity index (χ0n) is 5.39. The minimum atomic E-state index is 0.568. The molecule has 0 bridgehead atoms. The summed E-state index contributed by atoms with van der Waals surface area (Å²) >= 11 is 0. The maximum Gasteiger partial charge on any atom is 0.0643 e. The fraction of sp³-hybridized carbons (Fsp3) is 0.714. The molecule has 0 aromatic carbocycles. The van der Waals surface area contributed by atoms with Crippen molar-refractivity contribution in [1.29, 1.82) is 0 Å². The minimum absolute atomic E-state index is 0.568. The predicted octanol–water partition coefficient (Wildman–Crippen LogP) is -0.00190. The van der Waals surface area contributed by atoms with Crippen molar-refractivity contribution in [2.45, 2.75) is 12.5 Å². The van der Waals surface area contributed by atoms with Crippen LogP contribution >= 0.6 is 0 Å². The standard InChI is InChI=1S/C7H11NO/c1-2-3-4-8-7-5-9-6-7/h1,7-8H,3-6H2. The monoisotopic (exact) mass is 125 g/mol. The molecule has 2 heteroatoms. The summed E-state index contributed by atoms with van der Waals surface area (Å²) in [4.78, 5) is 0. The summed E-state index contributed by atoms with van der Waals surface area (Å²) in [5.41, 5.74) is 0. The van der Waals surface area contributed by atoms with Gasteiger partial charge in [-0.15, -0.1) is 12.3 Å². The van der Waals surface area contributed by atoms with Gasteiger partial charge in [0.2, 0.25) is 0 Å². The van der Waals surface area contributed by atoms with E-state index in [0.717, 1.165) is 26.2 Å². The zero-order chi connectivity index (χ0) is 6.53. The highest BCUT2D eigenvalue weighted by Crippen LogP contribution is 1.98. The van der Waals surface area contributed by atoms with Gasteiger partial charge in [-0.1, -0.05) is 0 Å². The van der Waals surface area contributed by atoms with E-state index in [9.17, 15) is 0 Å². The first-order valence-corrected chi connectivity index (χ1v) is 3.18. The number of ether oxygens (including phenoxy) is 1. The molecule has 0 radical (unpaired) electrons. The Bertz CT molecular complexity index is 113. The van der Waals surface area contributed by atoms with Crippen LogP contribution in [-0.2, 0) is 4.74 Å². The summed E-state index contributed by atoms with van der Waals surface area (Å²) in [6.07, 6.45) is 5.87. The predicted molar refractivity (Wildman–Crippen MR) is 36.1 cm³/mol. The molecule has 0 atom stereocenters. The van der Waals surface area contributed by atoms with Gasteiger partial charge < -0.3 is 10.1 Å². The lowest BCUT2D eigenvalue weighted by molar-refractivity contribution is -0.00454. The molecule has 1 aliphatic rings. The van der Waals surface area contributed by atoms with Gasteiger partial charge in [-0.25, -0.2) is 0 Å². The highest BCUT2D eigenvalue weighted by molar-refractivity contribution is 4.85. The Morgan fingerprint density at radius 2 is 2.44 bits per heavy atom. The lowest BCUT2D eigenvalue weighted by atomic mass is 10.2. The first-order chi connectivity index (χ1) is 4.43. The number of hydrogen-bond acceptors (Lipinski definition) is 2. The second kappa shape index (κ2) is 3.49. The van der Waals surface area contributed by atoms with Gasteiger partial charge in [0.1, 0.15) is 0 Å². The number of hydrogen-bond donors (Lipinski definition) is 1. The van der Waals surface area contributed by atoms with Gasteiger partial charge in [-0.05, 0) is 0 Å². The Hall–Kier alpha value is -0.520. The maximum atomic E-state index is 5.05. The summed E-state index contributed by atoms with van der Waals surface area (Å²) in [6, 6.07) is 0.568. The van der Waals surface area contributed by atoms with E-state index in [1.807, 2.05) is 0 Å². The molecular formula is C7H11NO. The largest absolute Gasteiger partial charge is 0.378 e. The van der Waals surface area contributed by atoms with Crippen molar-refractivity contribution in [2.24, 2.45) is 0 Å². The highest BCUT2D eigenvalue weighted by atomic mass is 16.5. The van der Waals surface area contributed by atoms with Crippen LogP contribution in [0.4, 0.5) is 0 Å². The fourth-order valence-corrected chi connectivity index (χ4v) is 0.702. The molecule has 0 amide bonds. The third-order valence-corrected chi connectivity index (χ3v) is 1.34. The first-order valence-electron chi connectivity index (χ1n) is 3.18. The third kappa shape index (κ3) is 2.05. The van der Waals surface area contributed by atoms with Crippen LogP contribution in [0.3, 0.4) is 0 Å². The van der Waals surface area contributed by atoms with Crippen LogP contribution in [-0.4, -0.2) is 25.8 Å². The molecule has 1 aliphatic heterocycles. The van der Waals surface area contributed by atoms with Gasteiger partial charge in [0.25, 0.3) is 0 Å². The first kappa shape index (κ1) is 6.60. The molecular weight excluding hydrogens is 114 g/mol. The molecule has 2 nitrogen and oxygen atoms in total. The average molecular weight is 125 g/mol. The Morgan fingerprint density at radius 3 is 2.89 bits per heavy atom. The van der Waals surface area contributed by atoms with E-state index >= 15 is 0 Å². The molecule has 1 N–H and O–H groups in total. The van der Waals surface area contributed by atoms with Gasteiger partial charge in [-0.3, -0.25) is 0 Å². The van der Waals surface area contributed by atoms with Crippen LogP contribution in [0, 0.1) is 12.3 Å². The van der Waals surface area contributed by atoms with Crippen molar-refractivity contribution in [2.75, 3.05) is 19.8 Å². The van der Waals surface area contributed by atoms with Crippen LogP contribution in [0.1, 0.15) is 6.42 Å². The summed E-state index contributed by atoms with van der Waals surface area (Å²) in [5.74, 6) is 2.57. The van der Waals surface area contributed by atoms with Gasteiger partial charge in [0.15, 0.2) is 0 Å². The van der Waals surface area contributed by atoms with Crippen LogP contribution in [0.5, 0.6) is 0 Å². The molecule has 0 spiro atoms. The maximum absolute atomic E-state index is 5.05. The Morgan fingerprint density at radius 1 is 1.67 bits per heavy atom. The summed E-state index contributed by atoms with van der Waals surface area (Å²) < 4.78 is 4.95. The molecule has 1 heterocycles. The molecule has 1 fully saturated rings. The lowest BCUT2D eigenvalue weighted by Crippen LogP contribution is -2.46.